The van der Waals surface area contributed by atoms with E-state index in [0.29, 0.717) is 38.8 Å². The predicted octanol–water partition coefficient (Wildman–Crippen LogP) is 6.32. The fourth-order valence-electron chi connectivity index (χ4n) is 3.35. The summed E-state index contributed by atoms with van der Waals surface area (Å²) in [6.45, 7) is 10.3. The Morgan fingerprint density at radius 3 is 2.43 bits per heavy atom. The fraction of sp³-hybridized carbons (Fsp3) is 0.360. The van der Waals surface area contributed by atoms with Crippen molar-refractivity contribution < 1.29 is 19.2 Å². The molecule has 0 N–H and O–H groups in total. The lowest BCUT2D eigenvalue weighted by Crippen LogP contribution is -2.35. The molecule has 10 heteroatoms. The first-order valence-electron chi connectivity index (χ1n) is 11.2. The Morgan fingerprint density at radius 1 is 1.17 bits per heavy atom. The zero-order chi connectivity index (χ0) is 25.7. The smallest absolute Gasteiger partial charge is 0.269 e. The van der Waals surface area contributed by atoms with Crippen LogP contribution in [0, 0.1) is 10.1 Å². The van der Waals surface area contributed by atoms with Gasteiger partial charge in [-0.2, -0.15) is 0 Å². The molecule has 0 bridgehead atoms. The number of halogens is 1. The van der Waals surface area contributed by atoms with Crippen molar-refractivity contribution in [3.05, 3.63) is 67.6 Å². The van der Waals surface area contributed by atoms with Gasteiger partial charge in [-0.1, -0.05) is 11.6 Å². The molecule has 2 aromatic rings. The van der Waals surface area contributed by atoms with Crippen LogP contribution in [0.25, 0.3) is 6.08 Å². The van der Waals surface area contributed by atoms with Crippen molar-refractivity contribution in [2.75, 3.05) is 6.61 Å². The molecule has 1 amide bonds. The van der Waals surface area contributed by atoms with Crippen LogP contribution < -0.4 is 9.47 Å². The van der Waals surface area contributed by atoms with E-state index in [0.717, 1.165) is 5.56 Å². The van der Waals surface area contributed by atoms with Gasteiger partial charge in [0, 0.05) is 24.2 Å². The van der Waals surface area contributed by atoms with E-state index in [1.54, 1.807) is 35.2 Å². The highest BCUT2D eigenvalue weighted by atomic mass is 35.5. The van der Waals surface area contributed by atoms with Crippen LogP contribution in [0.4, 0.5) is 5.69 Å². The van der Waals surface area contributed by atoms with E-state index >= 15 is 0 Å². The van der Waals surface area contributed by atoms with E-state index < -0.39 is 4.92 Å². The zero-order valence-electron chi connectivity index (χ0n) is 20.3. The lowest BCUT2D eigenvalue weighted by molar-refractivity contribution is -0.384. The molecule has 0 saturated carbocycles. The largest absolute Gasteiger partial charge is 0.490 e. The summed E-state index contributed by atoms with van der Waals surface area (Å²) >= 11 is 7.90. The number of rotatable bonds is 9. The molecule has 3 rings (SSSR count). The Labute approximate surface area is 214 Å². The van der Waals surface area contributed by atoms with E-state index in [1.165, 1.54) is 23.9 Å². The summed E-state index contributed by atoms with van der Waals surface area (Å²) in [6, 6.07) is 9.65. The number of carbonyl (C=O) groups excluding carboxylic acids is 1. The third-order valence-corrected chi connectivity index (χ3v) is 6.16. The molecule has 0 spiro atoms. The molecule has 1 aliphatic heterocycles. The molecule has 1 saturated heterocycles. The predicted molar refractivity (Wildman–Crippen MR) is 140 cm³/mol. The first-order valence-corrected chi connectivity index (χ1v) is 12.4. The quantitative estimate of drug-likeness (QED) is 0.219. The van der Waals surface area contributed by atoms with E-state index in [9.17, 15) is 14.9 Å². The van der Waals surface area contributed by atoms with E-state index in [1.807, 2.05) is 34.6 Å². The zero-order valence-corrected chi connectivity index (χ0v) is 21.9. The normalized spacial score (nSPS) is 16.1. The summed E-state index contributed by atoms with van der Waals surface area (Å²) in [6.07, 6.45) is 1.78. The van der Waals surface area contributed by atoms with Crippen molar-refractivity contribution in [1.29, 1.82) is 0 Å². The summed E-state index contributed by atoms with van der Waals surface area (Å²) in [5.74, 6) is 0.711. The fourth-order valence-corrected chi connectivity index (χ4v) is 4.85. The highest BCUT2D eigenvalue weighted by Crippen LogP contribution is 2.40. The summed E-state index contributed by atoms with van der Waals surface area (Å²) in [5, 5.41) is 11.9. The van der Waals surface area contributed by atoms with Crippen LogP contribution in [-0.4, -0.2) is 39.6 Å². The number of nitro benzene ring substituents is 1. The van der Waals surface area contributed by atoms with Crippen molar-refractivity contribution in [3.8, 4) is 11.5 Å². The maximum absolute atomic E-state index is 13.1. The molecule has 1 fully saturated rings. The second-order valence-electron chi connectivity index (χ2n) is 8.36. The van der Waals surface area contributed by atoms with E-state index in [2.05, 4.69) is 4.99 Å². The molecular formula is C25H28ClN3O5S. The number of carbonyl (C=O) groups is 1. The van der Waals surface area contributed by atoms with Crippen LogP contribution >= 0.6 is 23.4 Å². The molecule has 0 aromatic heterocycles. The average Bonchev–Trinajstić information content (AvgIpc) is 3.07. The highest BCUT2D eigenvalue weighted by molar-refractivity contribution is 8.18. The lowest BCUT2D eigenvalue weighted by atomic mass is 10.1. The van der Waals surface area contributed by atoms with Crippen molar-refractivity contribution in [2.45, 2.75) is 53.3 Å². The molecule has 186 valence electrons. The van der Waals surface area contributed by atoms with E-state index in [4.69, 9.17) is 21.1 Å². The van der Waals surface area contributed by atoms with Crippen LogP contribution in [0.3, 0.4) is 0 Å². The summed E-state index contributed by atoms with van der Waals surface area (Å²) in [7, 11) is 0. The Balaban J connectivity index is 1.87. The van der Waals surface area contributed by atoms with Crippen molar-refractivity contribution in [1.82, 2.24) is 4.90 Å². The molecule has 35 heavy (non-hydrogen) atoms. The minimum atomic E-state index is -0.451. The molecule has 0 aliphatic carbocycles. The summed E-state index contributed by atoms with van der Waals surface area (Å²) in [5.41, 5.74) is 1.46. The molecule has 2 aromatic carbocycles. The van der Waals surface area contributed by atoms with Gasteiger partial charge in [-0.05, 0) is 87.8 Å². The number of amidine groups is 1. The highest BCUT2D eigenvalue weighted by Gasteiger charge is 2.35. The summed E-state index contributed by atoms with van der Waals surface area (Å²) < 4.78 is 11.7. The van der Waals surface area contributed by atoms with E-state index in [-0.39, 0.29) is 30.3 Å². The van der Waals surface area contributed by atoms with Gasteiger partial charge in [0.25, 0.3) is 11.6 Å². The first kappa shape index (κ1) is 26.6. The molecule has 0 radical (unpaired) electrons. The number of nitrogens with zero attached hydrogens (tertiary/aromatic N) is 3. The van der Waals surface area contributed by atoms with Gasteiger partial charge in [-0.15, -0.1) is 0 Å². The van der Waals surface area contributed by atoms with Crippen molar-refractivity contribution in [2.24, 2.45) is 4.99 Å². The monoisotopic (exact) mass is 517 g/mol. The number of thioether (sulfide) groups is 1. The third kappa shape index (κ3) is 6.55. The van der Waals surface area contributed by atoms with Crippen LogP contribution in [0.5, 0.6) is 11.5 Å². The maximum Gasteiger partial charge on any atom is 0.269 e. The van der Waals surface area contributed by atoms with Gasteiger partial charge in [0.2, 0.25) is 0 Å². The molecule has 0 unspecified atom stereocenters. The van der Waals surface area contributed by atoms with Crippen LogP contribution in [-0.2, 0) is 11.4 Å². The lowest BCUT2D eigenvalue weighted by Gasteiger charge is -2.20. The topological polar surface area (TPSA) is 94.3 Å². The Morgan fingerprint density at radius 2 is 1.86 bits per heavy atom. The summed E-state index contributed by atoms with van der Waals surface area (Å²) in [4.78, 5) is 30.3. The Bertz CT molecular complexity index is 1160. The van der Waals surface area contributed by atoms with Gasteiger partial charge >= 0.3 is 0 Å². The van der Waals surface area contributed by atoms with Crippen LogP contribution in [0.15, 0.2) is 46.3 Å². The van der Waals surface area contributed by atoms with Crippen molar-refractivity contribution >= 4 is 46.2 Å². The minimum Gasteiger partial charge on any atom is -0.490 e. The van der Waals surface area contributed by atoms with Gasteiger partial charge in [0.05, 0.1) is 21.5 Å². The minimum absolute atomic E-state index is 0.0103. The Kier molecular flexibility index (Phi) is 8.80. The van der Waals surface area contributed by atoms with Crippen molar-refractivity contribution in [3.63, 3.8) is 0 Å². The number of amides is 1. The number of ether oxygens (including phenoxy) is 2. The molecule has 1 heterocycles. The van der Waals surface area contributed by atoms with Gasteiger partial charge in [0.15, 0.2) is 16.7 Å². The number of aliphatic imine (C=N–C) groups is 1. The molecular weight excluding hydrogens is 490 g/mol. The van der Waals surface area contributed by atoms with Gasteiger partial charge in [-0.25, -0.2) is 0 Å². The number of benzene rings is 2. The second-order valence-corrected chi connectivity index (χ2v) is 9.78. The van der Waals surface area contributed by atoms with Gasteiger partial charge < -0.3 is 9.47 Å². The SMILES string of the molecule is CCOc1cc(/C=C2/SC(=NC(C)C)N(C(C)C)C2=O)cc(Cl)c1OCc1ccc([N+](=O)[O-])cc1. The molecule has 8 nitrogen and oxygen atoms in total. The maximum atomic E-state index is 13.1. The molecule has 1 aliphatic rings. The number of hydrogen-bond donors (Lipinski definition) is 0. The number of nitro groups is 1. The first-order chi connectivity index (χ1) is 16.6. The number of hydrogen-bond acceptors (Lipinski definition) is 7. The molecule has 0 atom stereocenters. The van der Waals surface area contributed by atoms with Gasteiger partial charge in [0.1, 0.15) is 6.61 Å². The Hall–Kier alpha value is -3.04. The number of non-ortho nitro benzene ring substituents is 1. The average molecular weight is 518 g/mol. The third-order valence-electron chi connectivity index (χ3n) is 4.88. The second kappa shape index (κ2) is 11.6. The van der Waals surface area contributed by atoms with Crippen LogP contribution in [0.1, 0.15) is 45.7 Å². The van der Waals surface area contributed by atoms with Crippen LogP contribution in [0.2, 0.25) is 5.02 Å². The van der Waals surface area contributed by atoms with Gasteiger partial charge in [-0.3, -0.25) is 24.8 Å². The standard InChI is InChI=1S/C25H28ClN3O5S/c1-6-33-21-12-18(13-22-24(30)28(16(4)5)25(35-22)27-15(2)3)11-20(26)23(21)34-14-17-7-9-19(10-8-17)29(31)32/h7-13,15-16H,6,14H2,1-5H3/b22-13+,27-25?.